The third kappa shape index (κ3) is 3.74. The van der Waals surface area contributed by atoms with Crippen molar-refractivity contribution in [1.82, 2.24) is 0 Å². The van der Waals surface area contributed by atoms with Crippen LogP contribution in [0.25, 0.3) is 5.57 Å². The topological polar surface area (TPSA) is 43.4 Å². The van der Waals surface area contributed by atoms with Gasteiger partial charge in [-0.1, -0.05) is 40.2 Å². The zero-order chi connectivity index (χ0) is 16.4. The molecule has 0 unspecified atom stereocenters. The number of hydrogen-bond donors (Lipinski definition) is 0. The summed E-state index contributed by atoms with van der Waals surface area (Å²) in [6, 6.07) is 15.2. The molecule has 2 aromatic carbocycles. The van der Waals surface area contributed by atoms with Crippen molar-refractivity contribution >= 4 is 31.3 Å². The summed E-state index contributed by atoms with van der Waals surface area (Å²) in [6.45, 7) is 1.35. The van der Waals surface area contributed by atoms with Crippen LogP contribution >= 0.6 is 15.9 Å². The smallest absolute Gasteiger partial charge is 0.175 e. The van der Waals surface area contributed by atoms with Crippen molar-refractivity contribution in [3.8, 4) is 0 Å². The van der Waals surface area contributed by atoms with Crippen molar-refractivity contribution in [2.24, 2.45) is 0 Å². The fraction of sp³-hybridized carbons (Fsp3) is 0.222. The van der Waals surface area contributed by atoms with Crippen LogP contribution in [0.15, 0.2) is 63.5 Å². The van der Waals surface area contributed by atoms with Gasteiger partial charge in [0.15, 0.2) is 9.84 Å². The van der Waals surface area contributed by atoms with Gasteiger partial charge < -0.3 is 4.74 Å². The maximum atomic E-state index is 11.6. The predicted molar refractivity (Wildman–Crippen MR) is 95.2 cm³/mol. The second-order valence-corrected chi connectivity index (χ2v) is 8.52. The molecule has 1 aliphatic heterocycles. The van der Waals surface area contributed by atoms with Crippen LogP contribution in [0.4, 0.5) is 0 Å². The van der Waals surface area contributed by atoms with E-state index in [1.807, 2.05) is 24.3 Å². The number of sulfone groups is 1. The first-order valence-corrected chi connectivity index (χ1v) is 10.00. The van der Waals surface area contributed by atoms with Crippen molar-refractivity contribution < 1.29 is 13.2 Å². The number of benzene rings is 2. The molecule has 1 heterocycles. The Morgan fingerprint density at radius 2 is 1.83 bits per heavy atom. The van der Waals surface area contributed by atoms with Crippen molar-refractivity contribution in [2.75, 3.05) is 19.5 Å². The number of hydrogen-bond acceptors (Lipinski definition) is 3. The van der Waals surface area contributed by atoms with Gasteiger partial charge in [0.1, 0.15) is 0 Å². The summed E-state index contributed by atoms with van der Waals surface area (Å²) in [5, 5.41) is 0. The molecule has 0 N–H and O–H groups in total. The average molecular weight is 393 g/mol. The summed E-state index contributed by atoms with van der Waals surface area (Å²) in [6.07, 6.45) is 2.12. The third-order valence-electron chi connectivity index (χ3n) is 3.86. The molecule has 0 atom stereocenters. The fourth-order valence-corrected chi connectivity index (χ4v) is 3.78. The quantitative estimate of drug-likeness (QED) is 0.790. The highest BCUT2D eigenvalue weighted by Crippen LogP contribution is 2.32. The Balaban J connectivity index is 2.12. The van der Waals surface area contributed by atoms with Crippen molar-refractivity contribution in [3.05, 3.63) is 69.7 Å². The highest BCUT2D eigenvalue weighted by Gasteiger charge is 2.17. The van der Waals surface area contributed by atoms with Crippen molar-refractivity contribution in [3.63, 3.8) is 0 Å². The van der Waals surface area contributed by atoms with Gasteiger partial charge in [-0.15, -0.1) is 0 Å². The molecule has 1 aliphatic rings. The van der Waals surface area contributed by atoms with Gasteiger partial charge in [0, 0.05) is 10.7 Å². The van der Waals surface area contributed by atoms with Crippen molar-refractivity contribution in [1.29, 1.82) is 0 Å². The molecule has 3 nitrogen and oxygen atoms in total. The van der Waals surface area contributed by atoms with Gasteiger partial charge in [0.2, 0.25) is 0 Å². The van der Waals surface area contributed by atoms with Crippen LogP contribution in [-0.2, 0) is 14.6 Å². The largest absolute Gasteiger partial charge is 0.377 e. The Hall–Kier alpha value is -1.43. The molecule has 1 saturated heterocycles. The predicted octanol–water partition coefficient (Wildman–Crippen LogP) is 4.07. The van der Waals surface area contributed by atoms with E-state index in [-0.39, 0.29) is 0 Å². The van der Waals surface area contributed by atoms with E-state index in [0.717, 1.165) is 34.2 Å². The van der Waals surface area contributed by atoms with Gasteiger partial charge in [0.05, 0.1) is 18.1 Å². The minimum Gasteiger partial charge on any atom is -0.377 e. The molecule has 2 aromatic rings. The second kappa shape index (κ2) is 6.59. The van der Waals surface area contributed by atoms with Crippen molar-refractivity contribution in [2.45, 2.75) is 11.3 Å². The number of rotatable bonds is 3. The normalized spacial score (nSPS) is 17.3. The molecule has 0 aliphatic carbocycles. The summed E-state index contributed by atoms with van der Waals surface area (Å²) in [4.78, 5) is 0.336. The lowest BCUT2D eigenvalue weighted by atomic mass is 9.92. The van der Waals surface area contributed by atoms with E-state index in [4.69, 9.17) is 4.74 Å². The van der Waals surface area contributed by atoms with Crippen LogP contribution in [0.1, 0.15) is 17.5 Å². The SMILES string of the molecule is CS(=O)(=O)c1ccc(/C(=C2\CCOC2)c2cccc(Br)c2)cc1. The van der Waals surface area contributed by atoms with Gasteiger partial charge in [-0.3, -0.25) is 0 Å². The third-order valence-corrected chi connectivity index (χ3v) is 5.48. The summed E-state index contributed by atoms with van der Waals surface area (Å²) in [7, 11) is -3.18. The van der Waals surface area contributed by atoms with Crippen LogP contribution in [0.3, 0.4) is 0 Å². The molecule has 23 heavy (non-hydrogen) atoms. The van der Waals surface area contributed by atoms with E-state index < -0.39 is 9.84 Å². The summed E-state index contributed by atoms with van der Waals surface area (Å²) < 4.78 is 29.8. The molecule has 0 saturated carbocycles. The van der Waals surface area contributed by atoms with Crippen LogP contribution in [-0.4, -0.2) is 27.9 Å². The Morgan fingerprint density at radius 1 is 1.09 bits per heavy atom. The maximum absolute atomic E-state index is 11.6. The van der Waals surface area contributed by atoms with Crippen LogP contribution in [0, 0.1) is 0 Å². The lowest BCUT2D eigenvalue weighted by Gasteiger charge is -2.13. The van der Waals surface area contributed by atoms with Crippen LogP contribution < -0.4 is 0 Å². The Kier molecular flexibility index (Phi) is 4.71. The lowest BCUT2D eigenvalue weighted by molar-refractivity contribution is 0.205. The highest BCUT2D eigenvalue weighted by atomic mass is 79.9. The van der Waals surface area contributed by atoms with E-state index in [0.29, 0.717) is 11.5 Å². The summed E-state index contributed by atoms with van der Waals surface area (Å²) >= 11 is 3.52. The minimum absolute atomic E-state index is 0.336. The Labute approximate surface area is 145 Å². The first-order chi connectivity index (χ1) is 10.9. The molecule has 120 valence electrons. The monoisotopic (exact) mass is 392 g/mol. The fourth-order valence-electron chi connectivity index (χ4n) is 2.75. The number of halogens is 1. The Bertz CT molecular complexity index is 844. The molecular weight excluding hydrogens is 376 g/mol. The molecule has 0 spiro atoms. The van der Waals surface area contributed by atoms with Gasteiger partial charge in [-0.2, -0.15) is 0 Å². The number of ether oxygens (including phenoxy) is 1. The van der Waals surface area contributed by atoms with E-state index in [1.54, 1.807) is 12.1 Å². The molecule has 0 aromatic heterocycles. The van der Waals surface area contributed by atoms with Gasteiger partial charge in [-0.25, -0.2) is 8.42 Å². The molecule has 5 heteroatoms. The van der Waals surface area contributed by atoms with E-state index >= 15 is 0 Å². The standard InChI is InChI=1S/C18H17BrO3S/c1-23(20,21)17-7-5-13(6-8-17)18(15-9-10-22-12-15)14-3-2-4-16(19)11-14/h2-8,11H,9-10,12H2,1H3/b18-15-. The summed E-state index contributed by atoms with van der Waals surface area (Å²) in [5.41, 5.74) is 4.49. The first-order valence-electron chi connectivity index (χ1n) is 7.31. The first kappa shape index (κ1) is 16.4. The van der Waals surface area contributed by atoms with Crippen LogP contribution in [0.5, 0.6) is 0 Å². The van der Waals surface area contributed by atoms with E-state index in [1.165, 1.54) is 11.8 Å². The van der Waals surface area contributed by atoms with E-state index in [9.17, 15) is 8.42 Å². The molecular formula is C18H17BrO3S. The minimum atomic E-state index is -3.18. The lowest BCUT2D eigenvalue weighted by Crippen LogP contribution is -1.99. The van der Waals surface area contributed by atoms with Crippen LogP contribution in [0.2, 0.25) is 0 Å². The molecule has 0 amide bonds. The van der Waals surface area contributed by atoms with Gasteiger partial charge in [0.25, 0.3) is 0 Å². The molecule has 0 bridgehead atoms. The molecule has 1 fully saturated rings. The second-order valence-electron chi connectivity index (χ2n) is 5.59. The zero-order valence-electron chi connectivity index (χ0n) is 12.8. The highest BCUT2D eigenvalue weighted by molar-refractivity contribution is 9.10. The zero-order valence-corrected chi connectivity index (χ0v) is 15.2. The maximum Gasteiger partial charge on any atom is 0.175 e. The van der Waals surface area contributed by atoms with Gasteiger partial charge >= 0.3 is 0 Å². The van der Waals surface area contributed by atoms with Gasteiger partial charge in [-0.05, 0) is 53.0 Å². The van der Waals surface area contributed by atoms with E-state index in [2.05, 4.69) is 28.1 Å². The summed E-state index contributed by atoms with van der Waals surface area (Å²) in [5.74, 6) is 0. The molecule has 0 radical (unpaired) electrons. The molecule has 3 rings (SSSR count). The average Bonchev–Trinajstić information content (AvgIpc) is 3.01. The Morgan fingerprint density at radius 3 is 2.39 bits per heavy atom.